The lowest BCUT2D eigenvalue weighted by molar-refractivity contribution is -0.665. The van der Waals surface area contributed by atoms with Crippen molar-refractivity contribution in [2.45, 2.75) is 27.7 Å². The third-order valence-electron chi connectivity index (χ3n) is 5.45. The van der Waals surface area contributed by atoms with Crippen molar-refractivity contribution in [2.75, 3.05) is 0 Å². The summed E-state index contributed by atoms with van der Waals surface area (Å²) in [4.78, 5) is 0. The molecule has 0 radical (unpaired) electrons. The first-order chi connectivity index (χ1) is 12.8. The lowest BCUT2D eigenvalue weighted by atomic mass is 9.92. The topological polar surface area (TPSA) is 3.88 Å². The Balaban J connectivity index is 2.34. The molecule has 26 heavy (non-hydrogen) atoms. The van der Waals surface area contributed by atoms with E-state index in [-0.39, 0.29) is 5.82 Å². The summed E-state index contributed by atoms with van der Waals surface area (Å²) in [5.74, 6) is -0.275. The van der Waals surface area contributed by atoms with E-state index in [4.69, 9.17) is 1.37 Å². The summed E-state index contributed by atoms with van der Waals surface area (Å²) < 4.78 is 25.5. The van der Waals surface area contributed by atoms with Crippen LogP contribution in [0, 0.1) is 33.5 Å². The van der Waals surface area contributed by atoms with Crippen molar-refractivity contribution in [1.82, 2.24) is 0 Å². The molecule has 0 unspecified atom stereocenters. The van der Waals surface area contributed by atoms with Gasteiger partial charge in [0.15, 0.2) is 5.69 Å². The maximum absolute atomic E-state index is 14.8. The summed E-state index contributed by atoms with van der Waals surface area (Å²) in [6.07, 6.45) is 0. The van der Waals surface area contributed by atoms with Crippen LogP contribution in [0.15, 0.2) is 48.5 Å². The Hall–Kier alpha value is -2.74. The molecule has 0 N–H and O–H groups in total. The third-order valence-corrected chi connectivity index (χ3v) is 5.45. The molecular formula is C24H23FN+. The molecule has 0 spiro atoms. The van der Waals surface area contributed by atoms with Gasteiger partial charge in [-0.1, -0.05) is 35.9 Å². The molecular weight excluding hydrogens is 321 g/mol. The van der Waals surface area contributed by atoms with E-state index in [0.717, 1.165) is 27.7 Å². The van der Waals surface area contributed by atoms with Crippen LogP contribution < -0.4 is 4.57 Å². The van der Waals surface area contributed by atoms with Crippen molar-refractivity contribution in [1.29, 1.82) is 0 Å². The van der Waals surface area contributed by atoms with Gasteiger partial charge in [-0.05, 0) is 54.8 Å². The van der Waals surface area contributed by atoms with Gasteiger partial charge in [0.25, 0.3) is 0 Å². The molecule has 2 heteroatoms. The van der Waals surface area contributed by atoms with Crippen LogP contribution in [0.2, 0.25) is 0 Å². The SMILES string of the molecule is [2H]c1c(C)[n+](C)c(-c2cc(C)cc(C)c2C)c2c1cc(F)c1ccccc12. The van der Waals surface area contributed by atoms with Gasteiger partial charge < -0.3 is 0 Å². The molecule has 1 heterocycles. The van der Waals surface area contributed by atoms with E-state index in [1.165, 1.54) is 22.8 Å². The van der Waals surface area contributed by atoms with Gasteiger partial charge in [0, 0.05) is 18.4 Å². The Morgan fingerprint density at radius 3 is 2.38 bits per heavy atom. The largest absolute Gasteiger partial charge is 0.221 e. The minimum Gasteiger partial charge on any atom is -0.206 e. The summed E-state index contributed by atoms with van der Waals surface area (Å²) >= 11 is 0. The molecule has 0 atom stereocenters. The normalized spacial score (nSPS) is 12.0. The van der Waals surface area contributed by atoms with Crippen LogP contribution in [-0.2, 0) is 7.05 Å². The van der Waals surface area contributed by atoms with Gasteiger partial charge in [-0.2, -0.15) is 4.57 Å². The minimum atomic E-state index is -0.275. The predicted molar refractivity (Wildman–Crippen MR) is 107 cm³/mol. The van der Waals surface area contributed by atoms with Crippen molar-refractivity contribution < 1.29 is 10.3 Å². The number of aryl methyl sites for hydroxylation is 2. The van der Waals surface area contributed by atoms with Crippen LogP contribution in [0.3, 0.4) is 0 Å². The quantitative estimate of drug-likeness (QED) is 0.301. The summed E-state index contributed by atoms with van der Waals surface area (Å²) in [7, 11) is 2.00. The molecule has 4 rings (SSSR count). The number of halogens is 1. The Morgan fingerprint density at radius 1 is 0.962 bits per heavy atom. The highest BCUT2D eigenvalue weighted by molar-refractivity contribution is 6.13. The lowest BCUT2D eigenvalue weighted by Crippen LogP contribution is -2.35. The van der Waals surface area contributed by atoms with Gasteiger partial charge >= 0.3 is 0 Å². The van der Waals surface area contributed by atoms with Gasteiger partial charge in [0.05, 0.1) is 12.3 Å². The fourth-order valence-corrected chi connectivity index (χ4v) is 3.90. The van der Waals surface area contributed by atoms with Crippen LogP contribution >= 0.6 is 0 Å². The molecule has 0 aliphatic carbocycles. The molecule has 4 aromatic rings. The molecule has 0 saturated carbocycles. The van der Waals surface area contributed by atoms with Crippen LogP contribution in [-0.4, -0.2) is 0 Å². The van der Waals surface area contributed by atoms with Crippen LogP contribution in [0.4, 0.5) is 4.39 Å². The summed E-state index contributed by atoms with van der Waals surface area (Å²) in [6.45, 7) is 8.28. The van der Waals surface area contributed by atoms with E-state index in [1.807, 2.05) is 38.2 Å². The molecule has 1 nitrogen and oxygen atoms in total. The van der Waals surface area contributed by atoms with Gasteiger partial charge in [0.1, 0.15) is 12.9 Å². The highest BCUT2D eigenvalue weighted by atomic mass is 19.1. The first-order valence-electron chi connectivity index (χ1n) is 9.39. The summed E-state index contributed by atoms with van der Waals surface area (Å²) in [5, 5.41) is 3.05. The molecule has 130 valence electrons. The zero-order valence-corrected chi connectivity index (χ0v) is 15.9. The maximum Gasteiger partial charge on any atom is 0.221 e. The smallest absolute Gasteiger partial charge is 0.206 e. The highest BCUT2D eigenvalue weighted by Crippen LogP contribution is 2.36. The number of aromatic nitrogens is 1. The van der Waals surface area contributed by atoms with Gasteiger partial charge in [-0.15, -0.1) is 0 Å². The average molecular weight is 345 g/mol. The molecule has 0 fully saturated rings. The standard InChI is InChI=1S/C24H23FN/c1-14-10-15(2)17(4)21(11-14)24-23-18(12-16(3)26(24)5)13-22(25)19-8-6-7-9-20(19)23/h6-13H,1-5H3/q+1/i12D. The van der Waals surface area contributed by atoms with Gasteiger partial charge in [-0.25, -0.2) is 4.39 Å². The van der Waals surface area contributed by atoms with Crippen molar-refractivity contribution in [2.24, 2.45) is 7.05 Å². The predicted octanol–water partition coefficient (Wildman–Crippen LogP) is 5.86. The first-order valence-corrected chi connectivity index (χ1v) is 8.89. The Kier molecular flexibility index (Phi) is 3.53. The molecule has 0 aliphatic rings. The second-order valence-electron chi connectivity index (χ2n) is 7.20. The Labute approximate surface area is 155 Å². The number of nitrogens with zero attached hydrogens (tertiary/aromatic N) is 1. The summed E-state index contributed by atoms with van der Waals surface area (Å²) in [6, 6.07) is 13.8. The van der Waals surface area contributed by atoms with Crippen molar-refractivity contribution >= 4 is 21.5 Å². The number of pyridine rings is 1. The van der Waals surface area contributed by atoms with Gasteiger partial charge in [-0.3, -0.25) is 0 Å². The summed E-state index contributed by atoms with van der Waals surface area (Å²) in [5.41, 5.74) is 6.64. The fourth-order valence-electron chi connectivity index (χ4n) is 3.90. The molecule has 3 aromatic carbocycles. The van der Waals surface area contributed by atoms with E-state index < -0.39 is 0 Å². The first kappa shape index (κ1) is 15.5. The minimum absolute atomic E-state index is 0.275. The molecule has 0 bridgehead atoms. The monoisotopic (exact) mass is 345 g/mol. The van der Waals surface area contributed by atoms with E-state index in [9.17, 15) is 4.39 Å². The van der Waals surface area contributed by atoms with E-state index in [0.29, 0.717) is 16.8 Å². The third kappa shape index (κ3) is 2.40. The zero-order valence-electron chi connectivity index (χ0n) is 16.9. The Morgan fingerprint density at radius 2 is 1.65 bits per heavy atom. The second kappa shape index (κ2) is 5.91. The highest BCUT2D eigenvalue weighted by Gasteiger charge is 2.23. The van der Waals surface area contributed by atoms with E-state index >= 15 is 0 Å². The van der Waals surface area contributed by atoms with Crippen molar-refractivity contribution in [3.8, 4) is 11.3 Å². The molecule has 0 saturated heterocycles. The number of hydrogen-bond acceptors (Lipinski definition) is 0. The Bertz CT molecular complexity index is 1240. The van der Waals surface area contributed by atoms with E-state index in [2.05, 4.69) is 37.5 Å². The number of hydrogen-bond donors (Lipinski definition) is 0. The van der Waals surface area contributed by atoms with Crippen LogP contribution in [0.5, 0.6) is 0 Å². The number of benzene rings is 3. The maximum atomic E-state index is 14.8. The fraction of sp³-hybridized carbons (Fsp3) is 0.208. The van der Waals surface area contributed by atoms with Crippen LogP contribution in [0.25, 0.3) is 32.8 Å². The number of fused-ring (bicyclic) bond motifs is 3. The number of rotatable bonds is 1. The van der Waals surface area contributed by atoms with E-state index in [1.54, 1.807) is 0 Å². The van der Waals surface area contributed by atoms with Gasteiger partial charge in [0.2, 0.25) is 5.69 Å². The lowest BCUT2D eigenvalue weighted by Gasteiger charge is -2.14. The molecule has 1 aromatic heterocycles. The molecule has 0 aliphatic heterocycles. The van der Waals surface area contributed by atoms with Crippen LogP contribution in [0.1, 0.15) is 23.8 Å². The van der Waals surface area contributed by atoms with Crippen molar-refractivity contribution in [3.63, 3.8) is 0 Å². The second-order valence-corrected chi connectivity index (χ2v) is 7.20. The zero-order chi connectivity index (χ0) is 19.5. The molecule has 0 amide bonds. The average Bonchev–Trinajstić information content (AvgIpc) is 2.64. The van der Waals surface area contributed by atoms with Crippen molar-refractivity contribution in [3.05, 3.63) is 76.7 Å².